The third kappa shape index (κ3) is 4.80. The Morgan fingerprint density at radius 1 is 1.12 bits per heavy atom. The highest BCUT2D eigenvalue weighted by molar-refractivity contribution is 6.30. The second-order valence-corrected chi connectivity index (χ2v) is 6.89. The predicted molar refractivity (Wildman–Crippen MR) is 100 cm³/mol. The normalized spacial score (nSPS) is 15.6. The Kier molecular flexibility index (Phi) is 5.85. The number of piperidine rings is 1. The van der Waals surface area contributed by atoms with Gasteiger partial charge < -0.3 is 5.32 Å². The fourth-order valence-electron chi connectivity index (χ4n) is 3.09. The Bertz CT molecular complexity index is 770. The zero-order valence-corrected chi connectivity index (χ0v) is 15.0. The fraction of sp³-hybridized carbons (Fsp3) is 0.316. The summed E-state index contributed by atoms with van der Waals surface area (Å²) in [6, 6.07) is 13.7. The van der Waals surface area contributed by atoms with Crippen LogP contribution in [0.5, 0.6) is 0 Å². The number of likely N-dealkylation sites (tertiary alicyclic amines) is 1. The molecule has 0 atom stereocenters. The molecule has 0 unspecified atom stereocenters. The number of hydrogen-bond donors (Lipinski definition) is 1. The molecule has 0 spiro atoms. The number of carbonyl (C=O) groups excluding carboxylic acids is 1. The Morgan fingerprint density at radius 3 is 2.31 bits per heavy atom. The van der Waals surface area contributed by atoms with Gasteiger partial charge in [-0.2, -0.15) is 0 Å². The van der Waals surface area contributed by atoms with Crippen molar-refractivity contribution in [2.24, 2.45) is 0 Å². The molecule has 26 heavy (non-hydrogen) atoms. The molecule has 1 aliphatic heterocycles. The lowest BCUT2D eigenvalue weighted by Gasteiger charge is -2.32. The van der Waals surface area contributed by atoms with Crippen molar-refractivity contribution in [3.63, 3.8) is 0 Å². The van der Waals surface area contributed by atoms with E-state index < -0.39 is 4.92 Å². The van der Waals surface area contributed by atoms with Gasteiger partial charge >= 0.3 is 0 Å². The van der Waals surface area contributed by atoms with Crippen molar-refractivity contribution >= 4 is 23.2 Å². The molecule has 0 aromatic heterocycles. The summed E-state index contributed by atoms with van der Waals surface area (Å²) >= 11 is 5.91. The van der Waals surface area contributed by atoms with E-state index in [0.717, 1.165) is 37.5 Å². The van der Waals surface area contributed by atoms with Crippen LogP contribution >= 0.6 is 11.6 Å². The van der Waals surface area contributed by atoms with Crippen molar-refractivity contribution < 1.29 is 9.72 Å². The van der Waals surface area contributed by atoms with E-state index in [1.807, 2.05) is 24.3 Å². The van der Waals surface area contributed by atoms with Crippen LogP contribution < -0.4 is 5.32 Å². The number of carbonyl (C=O) groups is 1. The number of halogens is 1. The smallest absolute Gasteiger partial charge is 0.269 e. The number of nitrogens with one attached hydrogen (secondary N) is 1. The van der Waals surface area contributed by atoms with E-state index in [9.17, 15) is 14.9 Å². The average Bonchev–Trinajstić information content (AvgIpc) is 2.65. The van der Waals surface area contributed by atoms with Gasteiger partial charge in [0.2, 0.25) is 0 Å². The zero-order valence-electron chi connectivity index (χ0n) is 14.2. The van der Waals surface area contributed by atoms with E-state index in [1.165, 1.54) is 29.8 Å². The molecule has 2 aromatic carbocycles. The number of hydrogen-bond acceptors (Lipinski definition) is 4. The Hall–Kier alpha value is -2.44. The molecule has 1 saturated heterocycles. The minimum Gasteiger partial charge on any atom is -0.349 e. The van der Waals surface area contributed by atoms with Gasteiger partial charge in [-0.05, 0) is 42.7 Å². The quantitative estimate of drug-likeness (QED) is 0.641. The fourth-order valence-corrected chi connectivity index (χ4v) is 3.21. The first kappa shape index (κ1) is 18.4. The Balaban J connectivity index is 1.48. The maximum Gasteiger partial charge on any atom is 0.269 e. The number of rotatable bonds is 5. The number of non-ortho nitro benzene ring substituents is 1. The van der Waals surface area contributed by atoms with Crippen molar-refractivity contribution in [3.8, 4) is 0 Å². The van der Waals surface area contributed by atoms with Crippen molar-refractivity contribution in [1.82, 2.24) is 10.2 Å². The van der Waals surface area contributed by atoms with Crippen LogP contribution in [-0.2, 0) is 6.54 Å². The molecule has 6 nitrogen and oxygen atoms in total. The van der Waals surface area contributed by atoms with Crippen LogP contribution in [0.3, 0.4) is 0 Å². The van der Waals surface area contributed by atoms with E-state index in [0.29, 0.717) is 5.56 Å². The molecule has 7 heteroatoms. The third-order valence-electron chi connectivity index (χ3n) is 4.58. The van der Waals surface area contributed by atoms with Gasteiger partial charge in [-0.3, -0.25) is 19.8 Å². The Morgan fingerprint density at radius 2 is 1.73 bits per heavy atom. The van der Waals surface area contributed by atoms with Gasteiger partial charge in [0.15, 0.2) is 0 Å². The van der Waals surface area contributed by atoms with Gasteiger partial charge in [-0.15, -0.1) is 0 Å². The number of amides is 1. The van der Waals surface area contributed by atoms with E-state index in [4.69, 9.17) is 11.6 Å². The van der Waals surface area contributed by atoms with E-state index >= 15 is 0 Å². The minimum atomic E-state index is -0.474. The predicted octanol–water partition coefficient (Wildman–Crippen LogP) is 3.64. The highest BCUT2D eigenvalue weighted by Gasteiger charge is 2.21. The molecule has 1 amide bonds. The highest BCUT2D eigenvalue weighted by Crippen LogP contribution is 2.17. The van der Waals surface area contributed by atoms with E-state index in [-0.39, 0.29) is 17.6 Å². The van der Waals surface area contributed by atoms with Crippen LogP contribution in [0.2, 0.25) is 5.02 Å². The first-order valence-electron chi connectivity index (χ1n) is 8.53. The molecule has 1 fully saturated rings. The summed E-state index contributed by atoms with van der Waals surface area (Å²) in [5.41, 5.74) is 1.65. The topological polar surface area (TPSA) is 75.5 Å². The maximum absolute atomic E-state index is 12.3. The number of nitro benzene ring substituents is 1. The van der Waals surface area contributed by atoms with Gasteiger partial charge in [0, 0.05) is 48.4 Å². The summed E-state index contributed by atoms with van der Waals surface area (Å²) in [7, 11) is 0. The second-order valence-electron chi connectivity index (χ2n) is 6.45. The molecular formula is C19H20ClN3O3. The van der Waals surface area contributed by atoms with Crippen LogP contribution in [0.1, 0.15) is 28.8 Å². The summed E-state index contributed by atoms with van der Waals surface area (Å²) in [4.78, 5) is 24.8. The molecule has 0 saturated carbocycles. The molecule has 3 rings (SSSR count). The standard InChI is InChI=1S/C19H20ClN3O3/c20-16-5-1-14(2-6-16)13-22-11-9-17(10-12-22)21-19(24)15-3-7-18(8-4-15)23(25)26/h1-8,17H,9-13H2,(H,21,24). The summed E-state index contributed by atoms with van der Waals surface area (Å²) in [6.07, 6.45) is 1.76. The molecule has 2 aromatic rings. The SMILES string of the molecule is O=C(NC1CCN(Cc2ccc(Cl)cc2)CC1)c1ccc([N+](=O)[O-])cc1. The summed E-state index contributed by atoms with van der Waals surface area (Å²) in [6.45, 7) is 2.70. The molecule has 0 radical (unpaired) electrons. The maximum atomic E-state index is 12.3. The van der Waals surface area contributed by atoms with E-state index in [2.05, 4.69) is 10.2 Å². The molecule has 1 heterocycles. The summed E-state index contributed by atoms with van der Waals surface area (Å²) in [5.74, 6) is -0.184. The number of nitro groups is 1. The number of benzene rings is 2. The molecule has 1 N–H and O–H groups in total. The van der Waals surface area contributed by atoms with Crippen molar-refractivity contribution in [1.29, 1.82) is 0 Å². The van der Waals surface area contributed by atoms with Crippen molar-refractivity contribution in [2.45, 2.75) is 25.4 Å². The Labute approximate surface area is 156 Å². The van der Waals surface area contributed by atoms with E-state index in [1.54, 1.807) is 0 Å². The zero-order chi connectivity index (χ0) is 18.5. The van der Waals surface area contributed by atoms with Crippen LogP contribution in [0.25, 0.3) is 0 Å². The van der Waals surface area contributed by atoms with Gasteiger partial charge in [0.25, 0.3) is 11.6 Å². The first-order chi connectivity index (χ1) is 12.5. The summed E-state index contributed by atoms with van der Waals surface area (Å²) < 4.78 is 0. The molecule has 0 bridgehead atoms. The van der Waals surface area contributed by atoms with Crippen molar-refractivity contribution in [3.05, 3.63) is 74.8 Å². The lowest BCUT2D eigenvalue weighted by molar-refractivity contribution is -0.384. The largest absolute Gasteiger partial charge is 0.349 e. The molecule has 136 valence electrons. The molecule has 1 aliphatic rings. The van der Waals surface area contributed by atoms with Gasteiger partial charge in [-0.25, -0.2) is 0 Å². The van der Waals surface area contributed by atoms with Gasteiger partial charge in [0.1, 0.15) is 0 Å². The van der Waals surface area contributed by atoms with Crippen LogP contribution in [-0.4, -0.2) is 34.9 Å². The van der Waals surface area contributed by atoms with Crippen LogP contribution in [0, 0.1) is 10.1 Å². The summed E-state index contributed by atoms with van der Waals surface area (Å²) in [5, 5.41) is 14.4. The molecular weight excluding hydrogens is 354 g/mol. The van der Waals surface area contributed by atoms with Crippen LogP contribution in [0.15, 0.2) is 48.5 Å². The average molecular weight is 374 g/mol. The first-order valence-corrected chi connectivity index (χ1v) is 8.91. The van der Waals surface area contributed by atoms with Gasteiger partial charge in [0.05, 0.1) is 4.92 Å². The van der Waals surface area contributed by atoms with Crippen molar-refractivity contribution in [2.75, 3.05) is 13.1 Å². The lowest BCUT2D eigenvalue weighted by atomic mass is 10.0. The van der Waals surface area contributed by atoms with Gasteiger partial charge in [-0.1, -0.05) is 23.7 Å². The highest BCUT2D eigenvalue weighted by atomic mass is 35.5. The number of nitrogens with zero attached hydrogens (tertiary/aromatic N) is 2. The lowest BCUT2D eigenvalue weighted by Crippen LogP contribution is -2.44. The minimum absolute atomic E-state index is 0.0166. The van der Waals surface area contributed by atoms with Crippen LogP contribution in [0.4, 0.5) is 5.69 Å². The monoisotopic (exact) mass is 373 g/mol. The molecule has 0 aliphatic carbocycles. The third-order valence-corrected chi connectivity index (χ3v) is 4.83. The second kappa shape index (κ2) is 8.29.